The van der Waals surface area contributed by atoms with Gasteiger partial charge >= 0.3 is 0 Å². The third-order valence-electron chi connectivity index (χ3n) is 10.3. The molecule has 6 heteroatoms. The second-order valence-electron chi connectivity index (χ2n) is 13.3. The maximum absolute atomic E-state index is 5.18. The van der Waals surface area contributed by atoms with Crippen molar-refractivity contribution in [1.29, 1.82) is 0 Å². The van der Waals surface area contributed by atoms with E-state index in [1.807, 2.05) is 0 Å². The average Bonchev–Trinajstić information content (AvgIpc) is 3.04. The Balaban J connectivity index is 0.00000200. The van der Waals surface area contributed by atoms with E-state index < -0.39 is 0 Å². The minimum Gasteiger partial charge on any atom is -0.384 e. The molecule has 2 atom stereocenters. The van der Waals surface area contributed by atoms with E-state index in [2.05, 4.69) is 72.2 Å². The lowest BCUT2D eigenvalue weighted by atomic mass is 9.70. The first-order valence-corrected chi connectivity index (χ1v) is 17.3. The summed E-state index contributed by atoms with van der Waals surface area (Å²) in [5.74, 6) is 1.30. The highest BCUT2D eigenvalue weighted by atomic mass is 35.5. The summed E-state index contributed by atoms with van der Waals surface area (Å²) in [7, 11) is 0. The van der Waals surface area contributed by atoms with Gasteiger partial charge in [-0.3, -0.25) is 9.97 Å². The number of halogens is 2. The third kappa shape index (κ3) is 7.28. The van der Waals surface area contributed by atoms with Gasteiger partial charge < -0.3 is 10.6 Å². The smallest absolute Gasteiger partial charge is 0.0726 e. The van der Waals surface area contributed by atoms with Gasteiger partial charge in [0.15, 0.2) is 0 Å². The molecular weight excluding hydrogens is 595 g/mol. The molecule has 4 aromatic rings. The number of nitrogens with zero attached hydrogens (tertiary/aromatic N) is 2. The quantitative estimate of drug-likeness (QED) is 0.119. The van der Waals surface area contributed by atoms with Crippen LogP contribution in [0.15, 0.2) is 60.2 Å². The van der Waals surface area contributed by atoms with Crippen LogP contribution in [0, 0.1) is 5.92 Å². The molecule has 2 heterocycles. The van der Waals surface area contributed by atoms with E-state index in [-0.39, 0.29) is 24.8 Å². The summed E-state index contributed by atoms with van der Waals surface area (Å²) in [6.45, 7) is 4.42. The number of unbranched alkanes of at least 4 members (excludes halogenated alkanes) is 5. The van der Waals surface area contributed by atoms with Gasteiger partial charge in [0, 0.05) is 52.2 Å². The molecule has 0 unspecified atom stereocenters. The number of aryl methyl sites for hydroxylation is 1. The Morgan fingerprint density at radius 2 is 1.29 bits per heavy atom. The summed E-state index contributed by atoms with van der Waals surface area (Å²) >= 11 is 0. The molecular formula is C39H50Cl2N4. The van der Waals surface area contributed by atoms with Crippen LogP contribution >= 0.6 is 24.8 Å². The maximum Gasteiger partial charge on any atom is 0.0726 e. The molecule has 0 saturated heterocycles. The van der Waals surface area contributed by atoms with E-state index >= 15 is 0 Å². The van der Waals surface area contributed by atoms with Crippen molar-refractivity contribution in [3.05, 3.63) is 82.7 Å². The van der Waals surface area contributed by atoms with Gasteiger partial charge in [0.25, 0.3) is 0 Å². The van der Waals surface area contributed by atoms with E-state index in [0.717, 1.165) is 37.0 Å². The number of fused-ring (bicyclic) bond motifs is 7. The molecule has 0 fully saturated rings. The molecule has 0 aliphatic heterocycles. The Bertz CT molecular complexity index is 1630. The van der Waals surface area contributed by atoms with Crippen LogP contribution in [0.4, 0.5) is 11.4 Å². The van der Waals surface area contributed by atoms with Gasteiger partial charge in [-0.05, 0) is 93.7 Å². The first-order chi connectivity index (χ1) is 21.3. The molecule has 2 aromatic carbocycles. The van der Waals surface area contributed by atoms with Crippen molar-refractivity contribution in [2.45, 2.75) is 103 Å². The fourth-order valence-electron chi connectivity index (χ4n) is 8.13. The Hall–Kier alpha value is -2.82. The molecule has 7 rings (SSSR count). The van der Waals surface area contributed by atoms with Gasteiger partial charge in [0.1, 0.15) is 0 Å². The minimum absolute atomic E-state index is 0. The zero-order valence-electron chi connectivity index (χ0n) is 26.9. The summed E-state index contributed by atoms with van der Waals surface area (Å²) < 4.78 is 0. The lowest BCUT2D eigenvalue weighted by Crippen LogP contribution is -2.25. The molecule has 2 aromatic heterocycles. The topological polar surface area (TPSA) is 49.8 Å². The van der Waals surface area contributed by atoms with Crippen LogP contribution in [0.5, 0.6) is 0 Å². The Kier molecular flexibility index (Phi) is 11.7. The van der Waals surface area contributed by atoms with Gasteiger partial charge in [-0.15, -0.1) is 24.8 Å². The zero-order chi connectivity index (χ0) is 29.0. The number of pyridine rings is 2. The summed E-state index contributed by atoms with van der Waals surface area (Å²) in [4.78, 5) is 10.2. The Morgan fingerprint density at radius 3 is 2.00 bits per heavy atom. The molecule has 0 amide bonds. The fourth-order valence-corrected chi connectivity index (χ4v) is 8.13. The average molecular weight is 646 g/mol. The second-order valence-corrected chi connectivity index (χ2v) is 13.3. The number of aromatic nitrogens is 2. The van der Waals surface area contributed by atoms with Crippen LogP contribution < -0.4 is 10.6 Å². The summed E-state index contributed by atoms with van der Waals surface area (Å²) in [5, 5.41) is 10.4. The fraction of sp³-hybridized carbons (Fsp3) is 0.487. The maximum atomic E-state index is 5.18. The van der Waals surface area contributed by atoms with Crippen molar-refractivity contribution in [2.24, 2.45) is 5.92 Å². The van der Waals surface area contributed by atoms with Crippen LogP contribution in [0.1, 0.15) is 106 Å². The molecule has 3 aliphatic carbocycles. The SMILES string of the molecule is CCC1=C[C@H]2Cc3nc4ccccc4c(NCCCCCCCCNc4c5c(nc6ccccc46)CCCC5)c3[C@@H](C1)C2.Cl.Cl. The van der Waals surface area contributed by atoms with Crippen LogP contribution in [0.25, 0.3) is 21.8 Å². The monoisotopic (exact) mass is 644 g/mol. The van der Waals surface area contributed by atoms with Crippen molar-refractivity contribution in [1.82, 2.24) is 9.97 Å². The number of benzene rings is 2. The first kappa shape index (κ1) is 33.5. The van der Waals surface area contributed by atoms with Gasteiger partial charge in [-0.2, -0.15) is 0 Å². The van der Waals surface area contributed by atoms with Crippen LogP contribution in [0.3, 0.4) is 0 Å². The van der Waals surface area contributed by atoms with Gasteiger partial charge in [-0.1, -0.05) is 80.7 Å². The van der Waals surface area contributed by atoms with Crippen molar-refractivity contribution in [3.8, 4) is 0 Å². The molecule has 2 bridgehead atoms. The predicted octanol–water partition coefficient (Wildman–Crippen LogP) is 10.8. The number of hydrogen-bond acceptors (Lipinski definition) is 4. The van der Waals surface area contributed by atoms with Crippen molar-refractivity contribution in [2.75, 3.05) is 23.7 Å². The first-order valence-electron chi connectivity index (χ1n) is 17.3. The van der Waals surface area contributed by atoms with E-state index in [9.17, 15) is 0 Å². The van der Waals surface area contributed by atoms with Crippen molar-refractivity contribution in [3.63, 3.8) is 0 Å². The van der Waals surface area contributed by atoms with E-state index in [4.69, 9.17) is 9.97 Å². The van der Waals surface area contributed by atoms with Crippen molar-refractivity contribution < 1.29 is 0 Å². The molecule has 0 radical (unpaired) electrons. The lowest BCUT2D eigenvalue weighted by molar-refractivity contribution is 0.429. The number of hydrogen-bond donors (Lipinski definition) is 2. The standard InChI is InChI=1S/C39H48N4.2ClH/c1-2-27-23-28-25-29(24-27)37-36(26-28)43-35-20-12-9-17-32(35)39(37)41-22-14-6-4-3-5-13-21-40-38-30-15-7-10-18-33(30)42-34-19-11-8-16-31(34)38;;/h7,9-10,12,15,17-18,20,23,28-29H,2-6,8,11,13-14,16,19,21-22,24-26H2,1H3,(H,40,42)(H,41,43);2*1H/t28-,29+;;/m1../s1. The van der Waals surface area contributed by atoms with Gasteiger partial charge in [-0.25, -0.2) is 0 Å². The summed E-state index contributed by atoms with van der Waals surface area (Å²) in [6.07, 6.45) is 19.9. The highest BCUT2D eigenvalue weighted by Crippen LogP contribution is 2.48. The number of para-hydroxylation sites is 2. The van der Waals surface area contributed by atoms with Crippen LogP contribution in [0.2, 0.25) is 0 Å². The molecule has 0 spiro atoms. The summed E-state index contributed by atoms with van der Waals surface area (Å²) in [5.41, 5.74) is 12.4. The largest absolute Gasteiger partial charge is 0.384 e. The number of nitrogens with one attached hydrogen (secondary N) is 2. The van der Waals surface area contributed by atoms with E-state index in [1.54, 1.807) is 5.57 Å². The lowest BCUT2D eigenvalue weighted by Gasteiger charge is -2.36. The van der Waals surface area contributed by atoms with Gasteiger partial charge in [0.05, 0.1) is 11.0 Å². The van der Waals surface area contributed by atoms with E-state index in [1.165, 1.54) is 122 Å². The Labute approximate surface area is 282 Å². The van der Waals surface area contributed by atoms with Crippen LogP contribution in [-0.4, -0.2) is 23.1 Å². The molecule has 0 saturated carbocycles. The highest BCUT2D eigenvalue weighted by molar-refractivity contribution is 5.94. The number of anilines is 2. The molecule has 2 N–H and O–H groups in total. The normalized spacial score (nSPS) is 18.3. The van der Waals surface area contributed by atoms with Crippen LogP contribution in [-0.2, 0) is 19.3 Å². The molecule has 240 valence electrons. The molecule has 4 nitrogen and oxygen atoms in total. The Morgan fingerprint density at radius 1 is 0.689 bits per heavy atom. The third-order valence-corrected chi connectivity index (χ3v) is 10.3. The van der Waals surface area contributed by atoms with Crippen molar-refractivity contribution >= 4 is 58.0 Å². The predicted molar refractivity (Wildman–Crippen MR) is 197 cm³/mol. The molecule has 45 heavy (non-hydrogen) atoms. The number of rotatable bonds is 12. The zero-order valence-corrected chi connectivity index (χ0v) is 28.5. The van der Waals surface area contributed by atoms with E-state index in [0.29, 0.717) is 11.8 Å². The second kappa shape index (κ2) is 15.6. The highest BCUT2D eigenvalue weighted by Gasteiger charge is 2.33. The number of allylic oxidation sites excluding steroid dienone is 2. The van der Waals surface area contributed by atoms with Gasteiger partial charge in [0.2, 0.25) is 0 Å². The summed E-state index contributed by atoms with van der Waals surface area (Å²) in [6, 6.07) is 17.4. The molecule has 3 aliphatic rings. The minimum atomic E-state index is 0.